The van der Waals surface area contributed by atoms with Crippen molar-refractivity contribution >= 4 is 39.5 Å². The number of hydrogen-bond acceptors (Lipinski definition) is 15. The van der Waals surface area contributed by atoms with Crippen LogP contribution in [0.4, 0.5) is 0 Å². The molecule has 0 aliphatic heterocycles. The number of esters is 4. The number of phosphoric acid groups is 2. The van der Waals surface area contributed by atoms with Crippen molar-refractivity contribution in [2.24, 2.45) is 0 Å². The fraction of sp³-hybridized carbons (Fsp3) is 0.882. The second-order valence-corrected chi connectivity index (χ2v) is 15.5. The number of ether oxygens (including phenoxy) is 4. The first kappa shape index (κ1) is 51.1. The Balaban J connectivity index is 5.02. The number of phosphoric ester groups is 2. The summed E-state index contributed by atoms with van der Waals surface area (Å²) in [6.45, 7) is 3.92. The lowest BCUT2D eigenvalue weighted by atomic mass is 10.1. The summed E-state index contributed by atoms with van der Waals surface area (Å²) in [4.78, 5) is 68.9. The van der Waals surface area contributed by atoms with E-state index in [-0.39, 0.29) is 25.7 Å². The average Bonchev–Trinajstić information content (AvgIpc) is 3.11. The first-order valence-corrected chi connectivity index (χ1v) is 21.8. The van der Waals surface area contributed by atoms with E-state index in [9.17, 15) is 43.2 Å². The van der Waals surface area contributed by atoms with Gasteiger partial charge in [-0.15, -0.1) is 0 Å². The molecule has 0 aliphatic carbocycles. The minimum Gasteiger partial charge on any atom is -0.462 e. The van der Waals surface area contributed by atoms with Crippen molar-refractivity contribution in [3.05, 3.63) is 0 Å². The van der Waals surface area contributed by atoms with Crippen molar-refractivity contribution < 1.29 is 80.2 Å². The van der Waals surface area contributed by atoms with E-state index in [1.165, 1.54) is 0 Å². The zero-order valence-corrected chi connectivity index (χ0v) is 33.7. The maximum atomic E-state index is 12.5. The molecule has 0 aromatic heterocycles. The molecule has 0 spiro atoms. The quantitative estimate of drug-likeness (QED) is 0.0278. The summed E-state index contributed by atoms with van der Waals surface area (Å²) in [6.07, 6.45) is 6.63. The van der Waals surface area contributed by atoms with Gasteiger partial charge in [0.15, 0.2) is 12.2 Å². The molecule has 53 heavy (non-hydrogen) atoms. The molecular formula is C34H64O17P2. The number of aliphatic hydroxyl groups excluding tert-OH is 1. The highest BCUT2D eigenvalue weighted by atomic mass is 31.2. The Morgan fingerprint density at radius 2 is 0.774 bits per heavy atom. The van der Waals surface area contributed by atoms with Crippen molar-refractivity contribution in [1.29, 1.82) is 0 Å². The van der Waals surface area contributed by atoms with Gasteiger partial charge in [-0.2, -0.15) is 0 Å². The van der Waals surface area contributed by atoms with Crippen LogP contribution in [0.2, 0.25) is 0 Å². The van der Waals surface area contributed by atoms with Gasteiger partial charge in [0.2, 0.25) is 0 Å². The van der Waals surface area contributed by atoms with E-state index >= 15 is 0 Å². The van der Waals surface area contributed by atoms with Crippen LogP contribution in [0, 0.1) is 0 Å². The molecule has 0 rings (SSSR count). The number of unbranched alkanes of at least 4 members (excludes halogenated alkanes) is 9. The highest BCUT2D eigenvalue weighted by Gasteiger charge is 2.30. The molecule has 5 atom stereocenters. The van der Waals surface area contributed by atoms with Gasteiger partial charge in [-0.1, -0.05) is 85.5 Å². The van der Waals surface area contributed by atoms with Crippen LogP contribution >= 0.6 is 15.6 Å². The second-order valence-electron chi connectivity index (χ2n) is 12.5. The number of rotatable bonds is 35. The number of hydrogen-bond donors (Lipinski definition) is 3. The number of carbonyl (C=O) groups is 4. The van der Waals surface area contributed by atoms with Gasteiger partial charge >= 0.3 is 39.5 Å². The summed E-state index contributed by atoms with van der Waals surface area (Å²) in [7, 11) is -9.76. The van der Waals surface area contributed by atoms with Crippen LogP contribution in [-0.2, 0) is 65.4 Å². The van der Waals surface area contributed by atoms with Crippen molar-refractivity contribution in [2.45, 2.75) is 155 Å². The van der Waals surface area contributed by atoms with Crippen LogP contribution < -0.4 is 0 Å². The van der Waals surface area contributed by atoms with Gasteiger partial charge in [0.1, 0.15) is 19.3 Å². The molecule has 19 heteroatoms. The largest absolute Gasteiger partial charge is 0.472 e. The second kappa shape index (κ2) is 31.3. The van der Waals surface area contributed by atoms with Crippen molar-refractivity contribution in [3.63, 3.8) is 0 Å². The molecule has 17 nitrogen and oxygen atoms in total. The van der Waals surface area contributed by atoms with Crippen molar-refractivity contribution in [2.75, 3.05) is 39.6 Å². The third-order valence-electron chi connectivity index (χ3n) is 7.35. The Bertz CT molecular complexity index is 1110. The van der Waals surface area contributed by atoms with E-state index in [1.54, 1.807) is 0 Å². The molecule has 0 radical (unpaired) electrons. The molecule has 2 unspecified atom stereocenters. The van der Waals surface area contributed by atoms with Crippen LogP contribution in [0.1, 0.15) is 137 Å². The molecule has 312 valence electrons. The number of aliphatic hydroxyl groups is 1. The molecule has 3 N–H and O–H groups in total. The Hall–Kier alpha value is -1.94. The Morgan fingerprint density at radius 1 is 0.453 bits per heavy atom. The molecule has 0 aliphatic rings. The molecule has 0 fully saturated rings. The maximum absolute atomic E-state index is 12.5. The predicted octanol–water partition coefficient (Wildman–Crippen LogP) is 6.24. The van der Waals surface area contributed by atoms with Gasteiger partial charge in [-0.3, -0.25) is 37.3 Å². The Morgan fingerprint density at radius 3 is 1.17 bits per heavy atom. The van der Waals surface area contributed by atoms with E-state index in [0.29, 0.717) is 25.7 Å². The first-order chi connectivity index (χ1) is 25.2. The fourth-order valence-corrected chi connectivity index (χ4v) is 5.89. The van der Waals surface area contributed by atoms with E-state index in [0.717, 1.165) is 57.8 Å². The topological polar surface area (TPSA) is 237 Å². The number of carbonyl (C=O) groups excluding carboxylic acids is 4. The minimum atomic E-state index is -4.88. The van der Waals surface area contributed by atoms with Gasteiger partial charge in [0.05, 0.1) is 26.4 Å². The highest BCUT2D eigenvalue weighted by Crippen LogP contribution is 2.45. The van der Waals surface area contributed by atoms with Crippen LogP contribution in [0.3, 0.4) is 0 Å². The van der Waals surface area contributed by atoms with Gasteiger partial charge in [0.25, 0.3) is 0 Å². The lowest BCUT2D eigenvalue weighted by Gasteiger charge is -2.21. The molecular weight excluding hydrogens is 742 g/mol. The van der Waals surface area contributed by atoms with Crippen LogP contribution in [-0.4, -0.2) is 96.7 Å². The van der Waals surface area contributed by atoms with E-state index in [2.05, 4.69) is 0 Å². The average molecular weight is 807 g/mol. The summed E-state index contributed by atoms with van der Waals surface area (Å²) in [6, 6.07) is 0. The third-order valence-corrected chi connectivity index (χ3v) is 9.25. The minimum absolute atomic E-state index is 0.0869. The van der Waals surface area contributed by atoms with Gasteiger partial charge in [0, 0.05) is 25.7 Å². The molecule has 0 bridgehead atoms. The summed E-state index contributed by atoms with van der Waals surface area (Å²) in [5.74, 6) is -2.28. The molecule has 0 saturated heterocycles. The van der Waals surface area contributed by atoms with Crippen molar-refractivity contribution in [3.8, 4) is 0 Å². The van der Waals surface area contributed by atoms with Crippen LogP contribution in [0.15, 0.2) is 0 Å². The SMILES string of the molecule is CCCCCCC(=O)OC[C@H](COP(=O)(O)OC[C@@H](O)COP(=O)(O)OC[C@@H](COC(=O)CCCC)OC(=O)CCCCC)OC(=O)CCCCCC. The van der Waals surface area contributed by atoms with Crippen LogP contribution in [0.25, 0.3) is 0 Å². The smallest absolute Gasteiger partial charge is 0.462 e. The summed E-state index contributed by atoms with van der Waals surface area (Å²) in [5.41, 5.74) is 0. The highest BCUT2D eigenvalue weighted by molar-refractivity contribution is 7.47. The fourth-order valence-electron chi connectivity index (χ4n) is 4.31. The van der Waals surface area contributed by atoms with Crippen molar-refractivity contribution in [1.82, 2.24) is 0 Å². The third kappa shape index (κ3) is 31.0. The zero-order valence-electron chi connectivity index (χ0n) is 31.9. The van der Waals surface area contributed by atoms with Gasteiger partial charge < -0.3 is 33.8 Å². The molecule has 0 saturated carbocycles. The van der Waals surface area contributed by atoms with Gasteiger partial charge in [-0.25, -0.2) is 9.13 Å². The predicted molar refractivity (Wildman–Crippen MR) is 192 cm³/mol. The standard InChI is InChI=1S/C34H64O17P2/c1-5-9-13-16-19-32(37)45-25-30(51-34(39)21-17-14-10-6-2)27-49-53(42,43)47-23-28(35)22-46-52(40,41)48-26-29(24-44-31(36)18-12-8-4)50-33(38)20-15-11-7-3/h28-30,35H,5-27H2,1-4H3,(H,40,41)(H,42,43)/t28-,29+,30+/m0/s1. The maximum Gasteiger partial charge on any atom is 0.472 e. The normalized spacial score (nSPS) is 15.4. The molecule has 0 heterocycles. The van der Waals surface area contributed by atoms with Gasteiger partial charge in [-0.05, 0) is 25.7 Å². The lowest BCUT2D eigenvalue weighted by molar-refractivity contribution is -0.161. The molecule has 0 amide bonds. The molecule has 0 aromatic rings. The monoisotopic (exact) mass is 806 g/mol. The van der Waals surface area contributed by atoms with E-state index in [4.69, 9.17) is 37.0 Å². The lowest BCUT2D eigenvalue weighted by Crippen LogP contribution is -2.30. The summed E-state index contributed by atoms with van der Waals surface area (Å²) < 4.78 is 65.2. The Labute approximate surface area is 314 Å². The summed E-state index contributed by atoms with van der Waals surface area (Å²) >= 11 is 0. The zero-order chi connectivity index (χ0) is 40.0. The Kier molecular flexibility index (Phi) is 30.1. The first-order valence-electron chi connectivity index (χ1n) is 18.8. The van der Waals surface area contributed by atoms with E-state index < -0.39 is 97.5 Å². The van der Waals surface area contributed by atoms with Crippen LogP contribution in [0.5, 0.6) is 0 Å². The molecule has 0 aromatic carbocycles. The van der Waals surface area contributed by atoms with E-state index in [1.807, 2.05) is 27.7 Å². The summed E-state index contributed by atoms with van der Waals surface area (Å²) in [5, 5.41) is 10.2.